The summed E-state index contributed by atoms with van der Waals surface area (Å²) in [7, 11) is 0. The largest absolute Gasteiger partial charge is 0.358 e. The first-order valence-electron chi connectivity index (χ1n) is 12.7. The maximum atomic E-state index is 11.2. The van der Waals surface area contributed by atoms with Gasteiger partial charge in [0.05, 0.1) is 26.4 Å². The van der Waals surface area contributed by atoms with E-state index in [-0.39, 0.29) is 5.41 Å². The first-order valence-corrected chi connectivity index (χ1v) is 12.7. The number of carbonyl (C=O) groups excluding carboxylic acids is 1. The average Bonchev–Trinajstić information content (AvgIpc) is 3.03. The van der Waals surface area contributed by atoms with Crippen LogP contribution in [0.2, 0.25) is 0 Å². The summed E-state index contributed by atoms with van der Waals surface area (Å²) in [6, 6.07) is 0. The first-order chi connectivity index (χ1) is 15.0. The Morgan fingerprint density at radius 3 is 2.39 bits per heavy atom. The molecule has 0 aromatic heterocycles. The molecule has 174 valence electrons. The minimum absolute atomic E-state index is 0.102. The first kappa shape index (κ1) is 20.9. The van der Waals surface area contributed by atoms with Crippen molar-refractivity contribution in [3.8, 4) is 0 Å². The molecule has 1 N–H and O–H groups in total. The molecule has 6 nitrogen and oxygen atoms in total. The molecule has 0 spiro atoms. The molecule has 6 rings (SSSR count). The minimum atomic E-state index is -0.771. The molecule has 4 aliphatic carbocycles. The van der Waals surface area contributed by atoms with Crippen molar-refractivity contribution in [2.75, 3.05) is 33.0 Å². The van der Waals surface area contributed by atoms with Gasteiger partial charge in [0.2, 0.25) is 18.0 Å². The van der Waals surface area contributed by atoms with Crippen molar-refractivity contribution in [2.45, 2.75) is 76.8 Å². The van der Waals surface area contributed by atoms with E-state index in [0.29, 0.717) is 49.6 Å². The lowest BCUT2D eigenvalue weighted by atomic mass is 9.43. The summed E-state index contributed by atoms with van der Waals surface area (Å²) in [6.45, 7) is 8.09. The van der Waals surface area contributed by atoms with Crippen LogP contribution < -0.4 is 5.32 Å². The van der Waals surface area contributed by atoms with E-state index >= 15 is 0 Å². The molecule has 0 aromatic carbocycles. The van der Waals surface area contributed by atoms with Crippen LogP contribution in [0.25, 0.3) is 0 Å². The van der Waals surface area contributed by atoms with E-state index in [1.54, 1.807) is 0 Å². The van der Waals surface area contributed by atoms with Crippen LogP contribution in [0, 0.1) is 40.4 Å². The highest BCUT2D eigenvalue weighted by Crippen LogP contribution is 2.73. The maximum absolute atomic E-state index is 11.2. The maximum Gasteiger partial charge on any atom is 0.229 e. The van der Waals surface area contributed by atoms with Crippen molar-refractivity contribution < 1.29 is 23.7 Å². The zero-order valence-corrected chi connectivity index (χ0v) is 19.2. The topological polar surface area (TPSA) is 66.0 Å². The Morgan fingerprint density at radius 1 is 0.903 bits per heavy atom. The predicted molar refractivity (Wildman–Crippen MR) is 114 cm³/mol. The zero-order chi connectivity index (χ0) is 21.3. The monoisotopic (exact) mass is 433 g/mol. The van der Waals surface area contributed by atoms with Gasteiger partial charge in [0.25, 0.3) is 0 Å². The molecule has 2 saturated heterocycles. The lowest BCUT2D eigenvalue weighted by molar-refractivity contribution is -0.474. The summed E-state index contributed by atoms with van der Waals surface area (Å²) < 4.78 is 25.9. The molecule has 6 fully saturated rings. The number of amides is 1. The highest BCUT2D eigenvalue weighted by Gasteiger charge is 2.79. The number of nitrogens with one attached hydrogen (secondary N) is 1. The van der Waals surface area contributed by atoms with Crippen molar-refractivity contribution in [3.63, 3.8) is 0 Å². The summed E-state index contributed by atoms with van der Waals surface area (Å²) in [5.41, 5.74) is 0.269. The summed E-state index contributed by atoms with van der Waals surface area (Å²) in [6.07, 6.45) is 10.6. The second-order valence-corrected chi connectivity index (χ2v) is 11.7. The van der Waals surface area contributed by atoms with E-state index in [1.165, 1.54) is 38.5 Å². The quantitative estimate of drug-likeness (QED) is 0.690. The molecule has 6 aliphatic rings. The normalized spacial score (nSPS) is 55.7. The number of carbonyl (C=O) groups is 1. The third kappa shape index (κ3) is 2.57. The molecular formula is C25H39NO5. The molecule has 4 saturated carbocycles. The molecule has 2 aliphatic heterocycles. The Bertz CT molecular complexity index is 717. The highest BCUT2D eigenvalue weighted by molar-refractivity contribution is 5.45. The summed E-state index contributed by atoms with van der Waals surface area (Å²) in [5.74, 6) is 1.56. The van der Waals surface area contributed by atoms with Crippen molar-refractivity contribution in [1.82, 2.24) is 5.32 Å². The molecule has 0 aromatic rings. The van der Waals surface area contributed by atoms with Crippen molar-refractivity contribution in [3.05, 3.63) is 0 Å². The molecule has 7 atom stereocenters. The van der Waals surface area contributed by atoms with Crippen LogP contribution in [0.15, 0.2) is 0 Å². The Balaban J connectivity index is 1.40. The van der Waals surface area contributed by atoms with Gasteiger partial charge >= 0.3 is 0 Å². The number of hydrogen-bond acceptors (Lipinski definition) is 5. The van der Waals surface area contributed by atoms with E-state index in [0.717, 1.165) is 37.6 Å². The lowest BCUT2D eigenvalue weighted by Gasteiger charge is -2.63. The van der Waals surface area contributed by atoms with E-state index in [1.807, 2.05) is 0 Å². The molecule has 2 heterocycles. The second-order valence-electron chi connectivity index (χ2n) is 11.7. The number of ether oxygens (including phenoxy) is 4. The van der Waals surface area contributed by atoms with Gasteiger partial charge in [0.1, 0.15) is 0 Å². The average molecular weight is 434 g/mol. The van der Waals surface area contributed by atoms with Gasteiger partial charge in [-0.3, -0.25) is 4.79 Å². The fourth-order valence-electron chi connectivity index (χ4n) is 9.68. The summed E-state index contributed by atoms with van der Waals surface area (Å²) in [5, 5.41) is 3.05. The van der Waals surface area contributed by atoms with E-state index in [2.05, 4.69) is 19.2 Å². The number of hydrogen-bond donors (Lipinski definition) is 1. The van der Waals surface area contributed by atoms with Crippen molar-refractivity contribution >= 4 is 6.41 Å². The minimum Gasteiger partial charge on any atom is -0.358 e. The predicted octanol–water partition coefficient (Wildman–Crippen LogP) is 3.49. The van der Waals surface area contributed by atoms with Gasteiger partial charge in [-0.25, -0.2) is 0 Å². The molecular weight excluding hydrogens is 394 g/mol. The Kier molecular flexibility index (Phi) is 4.82. The molecule has 0 radical (unpaired) electrons. The van der Waals surface area contributed by atoms with E-state index in [9.17, 15) is 4.79 Å². The van der Waals surface area contributed by atoms with Gasteiger partial charge in [-0.2, -0.15) is 0 Å². The van der Waals surface area contributed by atoms with E-state index in [4.69, 9.17) is 18.9 Å². The second kappa shape index (κ2) is 7.15. The third-order valence-corrected chi connectivity index (χ3v) is 10.8. The van der Waals surface area contributed by atoms with Gasteiger partial charge in [0.15, 0.2) is 0 Å². The van der Waals surface area contributed by atoms with E-state index < -0.39 is 11.6 Å². The highest BCUT2D eigenvalue weighted by atomic mass is 16.8. The number of rotatable bonds is 3. The Morgan fingerprint density at radius 2 is 1.65 bits per heavy atom. The molecule has 31 heavy (non-hydrogen) atoms. The van der Waals surface area contributed by atoms with Crippen LogP contribution in [0.3, 0.4) is 0 Å². The van der Waals surface area contributed by atoms with Crippen LogP contribution in [0.5, 0.6) is 0 Å². The van der Waals surface area contributed by atoms with Gasteiger partial charge in [-0.1, -0.05) is 26.7 Å². The van der Waals surface area contributed by atoms with Crippen molar-refractivity contribution in [2.24, 2.45) is 40.4 Å². The molecule has 6 heteroatoms. The van der Waals surface area contributed by atoms with Crippen LogP contribution in [0.4, 0.5) is 0 Å². The Labute approximate surface area is 186 Å². The standard InChI is InChI=1S/C25H39NO5/c1-22-7-4-3-5-19(22)17(15-26-16-27)13-18-20(22)6-8-23(2)21(18)14-24-25(23,30-11-9-28-24)31-12-10-29-24/h16-21H,3-15H2,1-2H3,(H,26,27)/t17-,18-,19?,20+,21+,22+,23+,24?,25?/m1/s1. The fourth-order valence-corrected chi connectivity index (χ4v) is 9.68. The molecule has 0 bridgehead atoms. The Hall–Kier alpha value is -0.690. The van der Waals surface area contributed by atoms with Crippen molar-refractivity contribution in [1.29, 1.82) is 0 Å². The van der Waals surface area contributed by atoms with Gasteiger partial charge < -0.3 is 24.3 Å². The molecule has 1 amide bonds. The van der Waals surface area contributed by atoms with Crippen LogP contribution >= 0.6 is 0 Å². The lowest BCUT2D eigenvalue weighted by Crippen LogP contribution is -2.70. The SMILES string of the molecule is C[C@]12CCCCC1[C@@H](CNC=O)C[C@@H]1[C@@H]2CC[C@@]2(C)[C@H]1CC13OCCOC12OCCO3. The van der Waals surface area contributed by atoms with Gasteiger partial charge in [-0.05, 0) is 67.1 Å². The van der Waals surface area contributed by atoms with Crippen LogP contribution in [0.1, 0.15) is 65.2 Å². The van der Waals surface area contributed by atoms with Gasteiger partial charge in [0, 0.05) is 18.4 Å². The van der Waals surface area contributed by atoms with Gasteiger partial charge in [-0.15, -0.1) is 0 Å². The smallest absolute Gasteiger partial charge is 0.229 e. The van der Waals surface area contributed by atoms with Crippen LogP contribution in [-0.4, -0.2) is 51.0 Å². The zero-order valence-electron chi connectivity index (χ0n) is 19.2. The molecule has 1 unspecified atom stereocenters. The summed E-state index contributed by atoms with van der Waals surface area (Å²) >= 11 is 0. The number of fused-ring (bicyclic) bond motifs is 5. The summed E-state index contributed by atoms with van der Waals surface area (Å²) in [4.78, 5) is 11.2. The third-order valence-electron chi connectivity index (χ3n) is 10.8. The fraction of sp³-hybridized carbons (Fsp3) is 0.960. The van der Waals surface area contributed by atoms with Crippen LogP contribution in [-0.2, 0) is 23.7 Å².